The van der Waals surface area contributed by atoms with Crippen molar-refractivity contribution in [2.24, 2.45) is 5.92 Å². The Labute approximate surface area is 206 Å². The van der Waals surface area contributed by atoms with Crippen LogP contribution in [0.3, 0.4) is 0 Å². The van der Waals surface area contributed by atoms with Crippen molar-refractivity contribution in [2.75, 3.05) is 19.7 Å². The van der Waals surface area contributed by atoms with E-state index in [2.05, 4.69) is 5.10 Å². The van der Waals surface area contributed by atoms with Crippen molar-refractivity contribution in [3.63, 3.8) is 0 Å². The molecule has 0 saturated carbocycles. The van der Waals surface area contributed by atoms with E-state index in [0.29, 0.717) is 54.8 Å². The number of rotatable bonds is 6. The fourth-order valence-electron chi connectivity index (χ4n) is 4.42. The zero-order valence-electron chi connectivity index (χ0n) is 19.2. The molecule has 180 valence electrons. The molecule has 0 aliphatic carbocycles. The summed E-state index contributed by atoms with van der Waals surface area (Å²) in [6, 6.07) is 19.1. The Morgan fingerprint density at radius 1 is 1.17 bits per heavy atom. The smallest absolute Gasteiger partial charge is 0.407 e. The molecule has 5 rings (SSSR count). The summed E-state index contributed by atoms with van der Waals surface area (Å²) in [5.74, 6) is 0.448. The van der Waals surface area contributed by atoms with Crippen molar-refractivity contribution < 1.29 is 14.6 Å². The van der Waals surface area contributed by atoms with Gasteiger partial charge in [0.05, 0.1) is 23.9 Å². The standard InChI is InChI=1S/C26H25ClN4O4/c1-17-7-9-20(10-8-17)23-21(27)13-22(35-16-19-11-12-29(14-19)26(33)34)24-28-30(25(32)31(23)24)15-18-5-3-2-4-6-18/h2-10,13,19H,11-12,14-16H2,1H3,(H,33,34)/t19-/m1/s1. The number of hydrogen-bond acceptors (Lipinski definition) is 4. The minimum Gasteiger partial charge on any atom is -0.489 e. The first kappa shape index (κ1) is 23.0. The Hall–Kier alpha value is -3.78. The number of benzene rings is 2. The second kappa shape index (κ2) is 9.46. The molecule has 1 amide bonds. The first-order valence-electron chi connectivity index (χ1n) is 11.4. The number of fused-ring (bicyclic) bond motifs is 1. The van der Waals surface area contributed by atoms with Gasteiger partial charge in [-0.2, -0.15) is 0 Å². The number of aryl methyl sites for hydroxylation is 1. The van der Waals surface area contributed by atoms with E-state index in [1.807, 2.05) is 61.5 Å². The summed E-state index contributed by atoms with van der Waals surface area (Å²) in [7, 11) is 0. The van der Waals surface area contributed by atoms with E-state index in [9.17, 15) is 14.7 Å². The summed E-state index contributed by atoms with van der Waals surface area (Å²) in [4.78, 5) is 26.2. The third-order valence-corrected chi connectivity index (χ3v) is 6.59. The van der Waals surface area contributed by atoms with Gasteiger partial charge in [0.15, 0.2) is 5.75 Å². The van der Waals surface area contributed by atoms with Crippen molar-refractivity contribution in [1.29, 1.82) is 0 Å². The molecular weight excluding hydrogens is 468 g/mol. The number of carbonyl (C=O) groups is 1. The highest BCUT2D eigenvalue weighted by Gasteiger charge is 2.27. The predicted molar refractivity (Wildman–Crippen MR) is 133 cm³/mol. The lowest BCUT2D eigenvalue weighted by atomic mass is 10.1. The second-order valence-corrected chi connectivity index (χ2v) is 9.26. The summed E-state index contributed by atoms with van der Waals surface area (Å²) in [5.41, 5.74) is 3.45. The van der Waals surface area contributed by atoms with E-state index in [0.717, 1.165) is 16.7 Å². The first-order valence-corrected chi connectivity index (χ1v) is 11.8. The van der Waals surface area contributed by atoms with Crippen LogP contribution >= 0.6 is 11.6 Å². The van der Waals surface area contributed by atoms with Gasteiger partial charge in [0.25, 0.3) is 0 Å². The maximum atomic E-state index is 13.6. The first-order chi connectivity index (χ1) is 16.9. The van der Waals surface area contributed by atoms with Gasteiger partial charge in [-0.05, 0) is 18.9 Å². The number of amides is 1. The Bertz CT molecular complexity index is 1430. The maximum absolute atomic E-state index is 13.6. The van der Waals surface area contributed by atoms with Gasteiger partial charge in [-0.15, -0.1) is 5.10 Å². The van der Waals surface area contributed by atoms with Crippen LogP contribution < -0.4 is 10.4 Å². The minimum absolute atomic E-state index is 0.0554. The average molecular weight is 493 g/mol. The van der Waals surface area contributed by atoms with E-state index >= 15 is 0 Å². The number of nitrogens with zero attached hydrogens (tertiary/aromatic N) is 4. The fourth-order valence-corrected chi connectivity index (χ4v) is 4.71. The van der Waals surface area contributed by atoms with Crippen LogP contribution in [-0.2, 0) is 6.54 Å². The summed E-state index contributed by atoms with van der Waals surface area (Å²) in [6.07, 6.45) is -0.209. The number of carboxylic acid groups (broad SMARTS) is 1. The highest BCUT2D eigenvalue weighted by Crippen LogP contribution is 2.34. The second-order valence-electron chi connectivity index (χ2n) is 8.85. The molecule has 1 N–H and O–H groups in total. The van der Waals surface area contributed by atoms with Crippen LogP contribution in [0.25, 0.3) is 16.9 Å². The third kappa shape index (κ3) is 4.61. The van der Waals surface area contributed by atoms with Gasteiger partial charge >= 0.3 is 11.8 Å². The highest BCUT2D eigenvalue weighted by molar-refractivity contribution is 6.33. The van der Waals surface area contributed by atoms with Crippen molar-refractivity contribution >= 4 is 23.3 Å². The molecule has 3 heterocycles. The lowest BCUT2D eigenvalue weighted by Crippen LogP contribution is -2.27. The lowest BCUT2D eigenvalue weighted by Gasteiger charge is -2.15. The van der Waals surface area contributed by atoms with Crippen LogP contribution in [-0.4, -0.2) is 50.0 Å². The van der Waals surface area contributed by atoms with Gasteiger partial charge in [-0.25, -0.2) is 18.7 Å². The minimum atomic E-state index is -0.924. The molecule has 1 aliphatic rings. The van der Waals surface area contributed by atoms with E-state index in [1.165, 1.54) is 14.0 Å². The largest absolute Gasteiger partial charge is 0.489 e. The molecule has 1 atom stereocenters. The topological polar surface area (TPSA) is 89.1 Å². The summed E-state index contributed by atoms with van der Waals surface area (Å²) in [5, 5.41) is 14.2. The van der Waals surface area contributed by atoms with Gasteiger partial charge < -0.3 is 14.7 Å². The number of hydrogen-bond donors (Lipinski definition) is 1. The number of aromatic nitrogens is 3. The van der Waals surface area contributed by atoms with Crippen LogP contribution in [0.15, 0.2) is 65.5 Å². The summed E-state index contributed by atoms with van der Waals surface area (Å²) >= 11 is 6.72. The van der Waals surface area contributed by atoms with Crippen LogP contribution in [0.4, 0.5) is 4.79 Å². The molecule has 35 heavy (non-hydrogen) atoms. The Kier molecular flexibility index (Phi) is 6.21. The van der Waals surface area contributed by atoms with E-state index < -0.39 is 6.09 Å². The van der Waals surface area contributed by atoms with E-state index in [1.54, 1.807) is 6.07 Å². The Morgan fingerprint density at radius 3 is 2.60 bits per heavy atom. The van der Waals surface area contributed by atoms with Gasteiger partial charge in [-0.3, -0.25) is 0 Å². The number of pyridine rings is 1. The maximum Gasteiger partial charge on any atom is 0.407 e. The van der Waals surface area contributed by atoms with Crippen LogP contribution in [0.5, 0.6) is 5.75 Å². The third-order valence-electron chi connectivity index (χ3n) is 6.30. The molecule has 1 fully saturated rings. The van der Waals surface area contributed by atoms with E-state index in [4.69, 9.17) is 16.3 Å². The predicted octanol–water partition coefficient (Wildman–Crippen LogP) is 4.55. The molecule has 0 unspecified atom stereocenters. The number of ether oxygens (including phenoxy) is 1. The Morgan fingerprint density at radius 2 is 1.91 bits per heavy atom. The average Bonchev–Trinajstić information content (AvgIpc) is 3.45. The summed E-state index contributed by atoms with van der Waals surface area (Å²) < 4.78 is 9.01. The molecule has 0 bridgehead atoms. The molecule has 9 heteroatoms. The van der Waals surface area contributed by atoms with Gasteiger partial charge in [0, 0.05) is 30.6 Å². The van der Waals surface area contributed by atoms with Crippen molar-refractivity contribution in [1.82, 2.24) is 19.1 Å². The fraction of sp³-hybridized carbons (Fsp3) is 0.269. The van der Waals surface area contributed by atoms with Gasteiger partial charge in [-0.1, -0.05) is 71.8 Å². The van der Waals surface area contributed by atoms with Crippen molar-refractivity contribution in [3.05, 3.63) is 87.3 Å². The van der Waals surface area contributed by atoms with E-state index in [-0.39, 0.29) is 11.6 Å². The van der Waals surface area contributed by atoms with Crippen LogP contribution in [0, 0.1) is 12.8 Å². The monoisotopic (exact) mass is 492 g/mol. The lowest BCUT2D eigenvalue weighted by molar-refractivity contribution is 0.151. The normalized spacial score (nSPS) is 15.6. The molecule has 1 aliphatic heterocycles. The molecule has 0 radical (unpaired) electrons. The quantitative estimate of drug-likeness (QED) is 0.426. The van der Waals surface area contributed by atoms with Gasteiger partial charge in [0.1, 0.15) is 0 Å². The van der Waals surface area contributed by atoms with Crippen molar-refractivity contribution in [2.45, 2.75) is 19.9 Å². The molecule has 8 nitrogen and oxygen atoms in total. The van der Waals surface area contributed by atoms with Gasteiger partial charge in [0.2, 0.25) is 5.65 Å². The SMILES string of the molecule is Cc1ccc(-c2c(Cl)cc(OC[C@@H]3CCN(C(=O)O)C3)c3nn(Cc4ccccc4)c(=O)n23)cc1. The van der Waals surface area contributed by atoms with Crippen LogP contribution in [0.1, 0.15) is 17.5 Å². The molecular formula is C26H25ClN4O4. The highest BCUT2D eigenvalue weighted by atomic mass is 35.5. The summed E-state index contributed by atoms with van der Waals surface area (Å²) in [6.45, 7) is 3.50. The number of halogens is 1. The molecule has 2 aromatic heterocycles. The molecule has 4 aromatic rings. The number of likely N-dealkylation sites (tertiary alicyclic amines) is 1. The molecule has 0 spiro atoms. The molecule has 1 saturated heterocycles. The zero-order valence-corrected chi connectivity index (χ0v) is 20.0. The van der Waals surface area contributed by atoms with Crippen LogP contribution in [0.2, 0.25) is 5.02 Å². The molecule has 2 aromatic carbocycles. The Balaban J connectivity index is 1.56. The zero-order chi connectivity index (χ0) is 24.5. The van der Waals surface area contributed by atoms with Crippen molar-refractivity contribution in [3.8, 4) is 17.0 Å².